The van der Waals surface area contributed by atoms with Crippen LogP contribution >= 0.6 is 10.5 Å². The van der Waals surface area contributed by atoms with Gasteiger partial charge in [-0.05, 0) is 84.6 Å². The first-order valence-electron chi connectivity index (χ1n) is 21.1. The van der Waals surface area contributed by atoms with Crippen molar-refractivity contribution >= 4 is 68.9 Å². The van der Waals surface area contributed by atoms with Crippen LogP contribution in [0.2, 0.25) is 0 Å². The monoisotopic (exact) mass is 911 g/mol. The summed E-state index contributed by atoms with van der Waals surface area (Å²) in [5.41, 5.74) is 19.2. The van der Waals surface area contributed by atoms with Crippen molar-refractivity contribution in [2.24, 2.45) is 0 Å². The van der Waals surface area contributed by atoms with Gasteiger partial charge in [0.15, 0.2) is 12.4 Å². The van der Waals surface area contributed by atoms with Gasteiger partial charge < -0.3 is 34.7 Å². The van der Waals surface area contributed by atoms with Crippen molar-refractivity contribution in [2.45, 2.75) is 20.4 Å². The molecule has 3 heterocycles. The van der Waals surface area contributed by atoms with Gasteiger partial charge in [0.1, 0.15) is 11.3 Å². The molecule has 2 aliphatic heterocycles. The van der Waals surface area contributed by atoms with Gasteiger partial charge in [0.05, 0.1) is 37.8 Å². The average Bonchev–Trinajstić information content (AvgIpc) is 3.32. The molecular formula is C45H55N10O9S+. The predicted molar refractivity (Wildman–Crippen MR) is 247 cm³/mol. The van der Waals surface area contributed by atoms with Crippen molar-refractivity contribution in [1.82, 2.24) is 31.4 Å². The summed E-state index contributed by atoms with van der Waals surface area (Å²) in [6, 6.07) is 21.8. The highest BCUT2D eigenvalue weighted by Gasteiger charge is 2.25. The van der Waals surface area contributed by atoms with E-state index in [2.05, 4.69) is 43.7 Å². The van der Waals surface area contributed by atoms with Crippen LogP contribution in [-0.4, -0.2) is 128 Å². The third-order valence-corrected chi connectivity index (χ3v) is 11.9. The summed E-state index contributed by atoms with van der Waals surface area (Å²) in [6.07, 6.45) is 3.32. The van der Waals surface area contributed by atoms with E-state index in [1.807, 2.05) is 49.4 Å². The van der Waals surface area contributed by atoms with Gasteiger partial charge in [-0.3, -0.25) is 50.5 Å². The number of pyridine rings is 1. The molecule has 20 heteroatoms. The molecule has 1 atom stereocenters. The number of hydrogen-bond donors (Lipinski definition) is 7. The van der Waals surface area contributed by atoms with Crippen molar-refractivity contribution in [2.75, 3.05) is 93.4 Å². The van der Waals surface area contributed by atoms with Gasteiger partial charge in [-0.2, -0.15) is 20.5 Å². The number of aryl methyl sites for hydroxylation is 2. The molecule has 3 aromatic carbocycles. The molecule has 19 nitrogen and oxygen atoms in total. The number of morpholine rings is 2. The van der Waals surface area contributed by atoms with Crippen LogP contribution in [0, 0.1) is 13.8 Å². The summed E-state index contributed by atoms with van der Waals surface area (Å²) in [7, 11) is -0.256. The number of amides is 6. The molecule has 0 aliphatic carbocycles. The van der Waals surface area contributed by atoms with Crippen LogP contribution in [0.1, 0.15) is 21.5 Å². The molecule has 6 rings (SSSR count). The number of benzene rings is 3. The Morgan fingerprint density at radius 3 is 1.98 bits per heavy atom. The van der Waals surface area contributed by atoms with E-state index >= 15 is 0 Å². The van der Waals surface area contributed by atoms with Crippen molar-refractivity contribution in [3.05, 3.63) is 102 Å². The molecule has 6 amide bonds. The fourth-order valence-corrected chi connectivity index (χ4v) is 7.77. The molecule has 2 fully saturated rings. The Morgan fingerprint density at radius 2 is 1.35 bits per heavy atom. The molecule has 7 N–H and O–H groups in total. The zero-order valence-corrected chi connectivity index (χ0v) is 37.2. The lowest BCUT2D eigenvalue weighted by Gasteiger charge is -2.26. The van der Waals surface area contributed by atoms with E-state index in [0.29, 0.717) is 99.8 Å². The second-order valence-electron chi connectivity index (χ2n) is 15.1. The number of rotatable bonds is 17. The predicted octanol–water partition coefficient (Wildman–Crippen LogP) is 1.51. The van der Waals surface area contributed by atoms with E-state index in [0.717, 1.165) is 28.0 Å². The van der Waals surface area contributed by atoms with Gasteiger partial charge in [0, 0.05) is 62.5 Å². The molecule has 0 saturated carbocycles. The highest BCUT2D eigenvalue weighted by Crippen LogP contribution is 2.28. The zero-order valence-electron chi connectivity index (χ0n) is 36.4. The molecular weight excluding hydrogens is 857 g/mol. The largest absolute Gasteiger partial charge is 0.409 e. The molecule has 0 spiro atoms. The molecule has 1 unspecified atom stereocenters. The quantitative estimate of drug-likeness (QED) is 0.0264. The van der Waals surface area contributed by atoms with Crippen LogP contribution in [0.4, 0.5) is 17.1 Å². The Balaban J connectivity index is 0.866. The number of hydrogen-bond acceptors (Lipinski definition) is 12. The van der Waals surface area contributed by atoms with Gasteiger partial charge in [-0.1, -0.05) is 24.1 Å². The Bertz CT molecular complexity index is 2390. The summed E-state index contributed by atoms with van der Waals surface area (Å²) >= 11 is 0. The average molecular weight is 912 g/mol. The minimum atomic E-state index is -0.782. The first kappa shape index (κ1) is 47.6. The Morgan fingerprint density at radius 1 is 0.738 bits per heavy atom. The molecule has 4 aromatic rings. The van der Waals surface area contributed by atoms with Crippen LogP contribution in [-0.2, 0) is 40.0 Å². The number of aromatic nitrogens is 1. The fraction of sp³-hybridized carbons (Fsp3) is 0.333. The first-order valence-corrected chi connectivity index (χ1v) is 22.8. The molecule has 1 aromatic heterocycles. The van der Waals surface area contributed by atoms with Crippen molar-refractivity contribution in [3.63, 3.8) is 0 Å². The molecule has 0 bridgehead atoms. The molecule has 0 radical (unpaired) electrons. The number of nitrogens with one attached hydrogen (secondary N) is 7. The topological polar surface area (TPSA) is 225 Å². The van der Waals surface area contributed by atoms with Gasteiger partial charge >= 0.3 is 23.6 Å². The second-order valence-corrected chi connectivity index (χ2v) is 17.2. The Labute approximate surface area is 379 Å². The normalized spacial score (nSPS) is 14.1. The lowest BCUT2D eigenvalue weighted by Crippen LogP contribution is -2.49. The van der Waals surface area contributed by atoms with Gasteiger partial charge in [-0.25, -0.2) is 0 Å². The number of hydrazine groups is 2. The summed E-state index contributed by atoms with van der Waals surface area (Å²) in [6.45, 7) is 7.79. The first-order chi connectivity index (χ1) is 31.4. The molecule has 344 valence electrons. The van der Waals surface area contributed by atoms with Crippen molar-refractivity contribution < 1.29 is 47.6 Å². The van der Waals surface area contributed by atoms with E-state index in [9.17, 15) is 28.8 Å². The molecule has 2 saturated heterocycles. The number of carbonyl (C=O) groups is 6. The smallest absolute Gasteiger partial charge is 0.327 e. The Hall–Kier alpha value is -6.87. The third kappa shape index (κ3) is 14.3. The second kappa shape index (κ2) is 23.7. The van der Waals surface area contributed by atoms with Crippen LogP contribution in [0.5, 0.6) is 5.75 Å². The van der Waals surface area contributed by atoms with Gasteiger partial charge in [-0.15, -0.1) is 0 Å². The minimum Gasteiger partial charge on any atom is -0.409 e. The van der Waals surface area contributed by atoms with Gasteiger partial charge in [0.2, 0.25) is 6.54 Å². The number of anilines is 3. The minimum absolute atomic E-state index is 0.0319. The van der Waals surface area contributed by atoms with Gasteiger partial charge in [0.25, 0.3) is 11.8 Å². The third-order valence-electron chi connectivity index (χ3n) is 10.3. The van der Waals surface area contributed by atoms with Crippen LogP contribution in [0.15, 0.2) is 85.2 Å². The highest BCUT2D eigenvalue weighted by molar-refractivity contribution is 8.14. The summed E-state index contributed by atoms with van der Waals surface area (Å²) in [4.78, 5) is 84.1. The standard InChI is InChI=1S/C45H54N10O9S/c1-31-26-35(49-51-42(58)44(60)54-16-20-62-21-17-54)9-11-38(31)33-6-4-8-37(28-33)64-47-14-25-65(3)24-13-46-41(57)34-7-5-15-53(29-34)30-40(56)48-39-12-10-36(27-32(39)2)50-52-43(59)45(61)55-18-22-63-23-19-55/h4-12,15,26-29,47H,3,13-14,16-25,30H2,1-2H3,(H5-,46,48,49,50,51,52,56,57,58,59,60,61)/p+1. The summed E-state index contributed by atoms with van der Waals surface area (Å²) in [5, 5.41) is 5.82. The number of ether oxygens (including phenoxy) is 2. The maximum Gasteiger partial charge on any atom is 0.327 e. The SMILES string of the molecule is C=S(CCNOc1cccc(-c2ccc(NNC(=O)C(=O)N3CCOCC3)cc2C)c1)CCNC(=O)c1ccc[n+](CC(=O)Nc2ccc(NNC(=O)C(=O)N3CCOCC3)cc2C)c1. The number of carbonyl (C=O) groups excluding carboxylic acids is 6. The number of hydroxylamine groups is 1. The van der Waals surface area contributed by atoms with E-state index in [-0.39, 0.29) is 28.8 Å². The maximum absolute atomic E-state index is 13.0. The fourth-order valence-electron chi connectivity index (χ4n) is 6.80. The lowest BCUT2D eigenvalue weighted by molar-refractivity contribution is -0.684. The van der Waals surface area contributed by atoms with E-state index in [4.69, 9.17) is 14.3 Å². The van der Waals surface area contributed by atoms with Crippen molar-refractivity contribution in [3.8, 4) is 16.9 Å². The maximum atomic E-state index is 13.0. The summed E-state index contributed by atoms with van der Waals surface area (Å²) in [5.74, 6) is 2.95. The highest BCUT2D eigenvalue weighted by atomic mass is 32.2. The van der Waals surface area contributed by atoms with E-state index in [1.54, 1.807) is 54.2 Å². The van der Waals surface area contributed by atoms with E-state index in [1.165, 1.54) is 9.80 Å². The lowest BCUT2D eigenvalue weighted by atomic mass is 10.00. The van der Waals surface area contributed by atoms with E-state index < -0.39 is 23.6 Å². The van der Waals surface area contributed by atoms with Crippen LogP contribution < -0.4 is 47.2 Å². The molecule has 2 aliphatic rings. The van der Waals surface area contributed by atoms with Crippen molar-refractivity contribution in [1.29, 1.82) is 0 Å². The zero-order chi connectivity index (χ0) is 46.1. The van der Waals surface area contributed by atoms with Crippen LogP contribution in [0.25, 0.3) is 11.1 Å². The summed E-state index contributed by atoms with van der Waals surface area (Å²) < 4.78 is 12.1. The Kier molecular flexibility index (Phi) is 17.4. The number of nitrogens with zero attached hydrogens (tertiary/aromatic N) is 3. The van der Waals surface area contributed by atoms with Crippen LogP contribution in [0.3, 0.4) is 0 Å². The molecule has 65 heavy (non-hydrogen) atoms.